The van der Waals surface area contributed by atoms with Gasteiger partial charge in [-0.05, 0) is 29.2 Å². The van der Waals surface area contributed by atoms with Gasteiger partial charge in [0.1, 0.15) is 12.1 Å². The molecule has 0 radical (unpaired) electrons. The quantitative estimate of drug-likeness (QED) is 0.872. The van der Waals surface area contributed by atoms with Gasteiger partial charge in [0.15, 0.2) is 0 Å². The zero-order chi connectivity index (χ0) is 20.5. The Morgan fingerprint density at radius 1 is 0.966 bits per heavy atom. The van der Waals surface area contributed by atoms with Gasteiger partial charge in [0, 0.05) is 18.7 Å². The zero-order valence-corrected chi connectivity index (χ0v) is 16.7. The van der Waals surface area contributed by atoms with Gasteiger partial charge in [-0.3, -0.25) is 14.4 Å². The molecule has 0 bridgehead atoms. The maximum atomic E-state index is 13.0. The predicted octanol–water partition coefficient (Wildman–Crippen LogP) is 2.16. The minimum Gasteiger partial charge on any atom is -0.342 e. The van der Waals surface area contributed by atoms with E-state index < -0.39 is 12.1 Å². The van der Waals surface area contributed by atoms with Crippen LogP contribution in [0.5, 0.6) is 0 Å². The van der Waals surface area contributed by atoms with Gasteiger partial charge in [-0.25, -0.2) is 0 Å². The average Bonchev–Trinajstić information content (AvgIpc) is 2.76. The van der Waals surface area contributed by atoms with E-state index in [1.54, 1.807) is 9.80 Å². The number of nitrogens with one attached hydrogen (secondary N) is 1. The lowest BCUT2D eigenvalue weighted by Crippen LogP contribution is -2.70. The molecule has 2 heterocycles. The number of carbonyl (C=O) groups is 3. The zero-order valence-electron chi connectivity index (χ0n) is 16.7. The van der Waals surface area contributed by atoms with Gasteiger partial charge in [0.2, 0.25) is 11.8 Å². The molecule has 2 aromatic carbocycles. The number of fused-ring (bicyclic) bond motifs is 1. The first-order valence-corrected chi connectivity index (χ1v) is 10.0. The molecular weight excluding hydrogens is 366 g/mol. The molecule has 6 nitrogen and oxygen atoms in total. The topological polar surface area (TPSA) is 69.7 Å². The summed E-state index contributed by atoms with van der Waals surface area (Å²) in [7, 11) is 0. The second kappa shape index (κ2) is 7.70. The summed E-state index contributed by atoms with van der Waals surface area (Å²) in [6, 6.07) is 16.4. The molecule has 1 N–H and O–H groups in total. The first-order valence-electron chi connectivity index (χ1n) is 10.0. The van der Waals surface area contributed by atoms with Crippen LogP contribution in [0.1, 0.15) is 24.2 Å². The fourth-order valence-corrected chi connectivity index (χ4v) is 4.02. The normalized spacial score (nSPS) is 21.8. The van der Waals surface area contributed by atoms with Gasteiger partial charge in [0.05, 0.1) is 6.54 Å². The van der Waals surface area contributed by atoms with Crippen LogP contribution in [-0.2, 0) is 9.59 Å². The minimum absolute atomic E-state index is 0.0372. The summed E-state index contributed by atoms with van der Waals surface area (Å²) in [6.07, 6.45) is 0. The lowest BCUT2D eigenvalue weighted by molar-refractivity contribution is -0.153. The molecule has 150 valence electrons. The van der Waals surface area contributed by atoms with E-state index in [1.807, 2.05) is 68.4 Å². The third-order valence-electron chi connectivity index (χ3n) is 5.72. The van der Waals surface area contributed by atoms with Crippen LogP contribution in [0.25, 0.3) is 11.1 Å². The van der Waals surface area contributed by atoms with E-state index in [1.165, 1.54) is 0 Å². The fourth-order valence-electron chi connectivity index (χ4n) is 4.02. The summed E-state index contributed by atoms with van der Waals surface area (Å²) < 4.78 is 0. The second-order valence-electron chi connectivity index (χ2n) is 7.97. The van der Waals surface area contributed by atoms with E-state index in [2.05, 4.69) is 5.32 Å². The van der Waals surface area contributed by atoms with Crippen LogP contribution in [0.2, 0.25) is 0 Å². The van der Waals surface area contributed by atoms with E-state index in [9.17, 15) is 14.4 Å². The maximum absolute atomic E-state index is 13.0. The Balaban J connectivity index is 1.47. The predicted molar refractivity (Wildman–Crippen MR) is 110 cm³/mol. The number of nitrogens with zero attached hydrogens (tertiary/aromatic N) is 2. The maximum Gasteiger partial charge on any atom is 0.253 e. The standard InChI is InChI=1S/C23H25N3O3/c1-15(2)20-23(29)26-13-12-25(14-19(26)21(27)24-20)22(28)18-10-8-17(9-11-18)16-6-4-3-5-7-16/h3-11,15,19-20H,12-14H2,1-2H3,(H,24,27)/t19-,20-/m1/s1. The van der Waals surface area contributed by atoms with Crippen LogP contribution >= 0.6 is 0 Å². The molecule has 0 saturated carbocycles. The summed E-state index contributed by atoms with van der Waals surface area (Å²) in [4.78, 5) is 41.5. The summed E-state index contributed by atoms with van der Waals surface area (Å²) in [5.41, 5.74) is 2.72. The Hall–Kier alpha value is -3.15. The monoisotopic (exact) mass is 391 g/mol. The Bertz CT molecular complexity index is 924. The van der Waals surface area contributed by atoms with Gasteiger partial charge in [0.25, 0.3) is 5.91 Å². The summed E-state index contributed by atoms with van der Waals surface area (Å²) in [6.45, 7) is 4.87. The number of hydrogen-bond acceptors (Lipinski definition) is 3. The molecule has 2 aromatic rings. The molecule has 0 aliphatic carbocycles. The number of benzene rings is 2. The van der Waals surface area contributed by atoms with Crippen LogP contribution in [0.3, 0.4) is 0 Å². The molecule has 0 spiro atoms. The number of piperazine rings is 2. The molecule has 2 aliphatic rings. The second-order valence-corrected chi connectivity index (χ2v) is 7.97. The molecule has 2 aliphatic heterocycles. The molecule has 2 atom stereocenters. The Labute approximate surface area is 170 Å². The highest BCUT2D eigenvalue weighted by Crippen LogP contribution is 2.23. The van der Waals surface area contributed by atoms with Crippen LogP contribution in [0, 0.1) is 5.92 Å². The van der Waals surface area contributed by atoms with Crippen molar-refractivity contribution in [3.05, 3.63) is 60.2 Å². The van der Waals surface area contributed by atoms with Gasteiger partial charge in [-0.15, -0.1) is 0 Å². The van der Waals surface area contributed by atoms with E-state index >= 15 is 0 Å². The highest BCUT2D eigenvalue weighted by Gasteiger charge is 2.45. The SMILES string of the molecule is CC(C)[C@H]1NC(=O)[C@H]2CN(C(=O)c3ccc(-c4ccccc4)cc3)CCN2C1=O. The Morgan fingerprint density at radius 3 is 2.28 bits per heavy atom. The molecule has 0 aromatic heterocycles. The number of amides is 3. The number of carbonyl (C=O) groups excluding carboxylic acids is 3. The summed E-state index contributed by atoms with van der Waals surface area (Å²) >= 11 is 0. The third kappa shape index (κ3) is 3.62. The van der Waals surface area contributed by atoms with Gasteiger partial charge < -0.3 is 15.1 Å². The van der Waals surface area contributed by atoms with Crippen molar-refractivity contribution < 1.29 is 14.4 Å². The summed E-state index contributed by atoms with van der Waals surface area (Å²) in [5.74, 6) is -0.310. The van der Waals surface area contributed by atoms with Crippen LogP contribution < -0.4 is 5.32 Å². The molecule has 29 heavy (non-hydrogen) atoms. The van der Waals surface area contributed by atoms with E-state index in [-0.39, 0.29) is 30.2 Å². The van der Waals surface area contributed by atoms with E-state index in [4.69, 9.17) is 0 Å². The van der Waals surface area contributed by atoms with Crippen molar-refractivity contribution in [2.75, 3.05) is 19.6 Å². The third-order valence-corrected chi connectivity index (χ3v) is 5.72. The smallest absolute Gasteiger partial charge is 0.253 e. The minimum atomic E-state index is -0.612. The average molecular weight is 391 g/mol. The molecule has 4 rings (SSSR count). The van der Waals surface area contributed by atoms with E-state index in [0.717, 1.165) is 11.1 Å². The fraction of sp³-hybridized carbons (Fsp3) is 0.348. The van der Waals surface area contributed by atoms with Crippen molar-refractivity contribution in [3.63, 3.8) is 0 Å². The molecule has 2 saturated heterocycles. The molecular formula is C23H25N3O3. The van der Waals surface area contributed by atoms with Gasteiger partial charge >= 0.3 is 0 Å². The first-order chi connectivity index (χ1) is 14.0. The number of rotatable bonds is 3. The van der Waals surface area contributed by atoms with Crippen molar-refractivity contribution >= 4 is 17.7 Å². The largest absolute Gasteiger partial charge is 0.342 e. The van der Waals surface area contributed by atoms with Crippen molar-refractivity contribution in [1.29, 1.82) is 0 Å². The van der Waals surface area contributed by atoms with Crippen LogP contribution in [0.15, 0.2) is 54.6 Å². The highest BCUT2D eigenvalue weighted by atomic mass is 16.2. The highest BCUT2D eigenvalue weighted by molar-refractivity contribution is 5.99. The molecule has 3 amide bonds. The van der Waals surface area contributed by atoms with Crippen molar-refractivity contribution in [1.82, 2.24) is 15.1 Å². The lowest BCUT2D eigenvalue weighted by Gasteiger charge is -2.46. The molecule has 0 unspecified atom stereocenters. The van der Waals surface area contributed by atoms with Crippen molar-refractivity contribution in [2.24, 2.45) is 5.92 Å². The van der Waals surface area contributed by atoms with Crippen molar-refractivity contribution in [3.8, 4) is 11.1 Å². The van der Waals surface area contributed by atoms with Crippen LogP contribution in [-0.4, -0.2) is 59.2 Å². The molecule has 2 fully saturated rings. The van der Waals surface area contributed by atoms with Gasteiger partial charge in [-0.1, -0.05) is 56.3 Å². The van der Waals surface area contributed by atoms with Crippen LogP contribution in [0.4, 0.5) is 0 Å². The molecule has 6 heteroatoms. The Kier molecular flexibility index (Phi) is 5.09. The lowest BCUT2D eigenvalue weighted by atomic mass is 9.96. The van der Waals surface area contributed by atoms with E-state index in [0.29, 0.717) is 18.7 Å². The van der Waals surface area contributed by atoms with Gasteiger partial charge in [-0.2, -0.15) is 0 Å². The number of hydrogen-bond donors (Lipinski definition) is 1. The van der Waals surface area contributed by atoms with Crippen molar-refractivity contribution in [2.45, 2.75) is 25.9 Å². The summed E-state index contributed by atoms with van der Waals surface area (Å²) in [5, 5.41) is 2.82. The first kappa shape index (κ1) is 19.2. The Morgan fingerprint density at radius 2 is 1.62 bits per heavy atom.